The highest BCUT2D eigenvalue weighted by molar-refractivity contribution is 9.10. The summed E-state index contributed by atoms with van der Waals surface area (Å²) in [5.41, 5.74) is 2.32. The van der Waals surface area contributed by atoms with Gasteiger partial charge in [0.15, 0.2) is 5.13 Å². The van der Waals surface area contributed by atoms with Gasteiger partial charge in [0.1, 0.15) is 0 Å². The summed E-state index contributed by atoms with van der Waals surface area (Å²) < 4.78 is 1.12. The van der Waals surface area contributed by atoms with E-state index >= 15 is 0 Å². The molecule has 0 N–H and O–H groups in total. The van der Waals surface area contributed by atoms with E-state index in [2.05, 4.69) is 46.0 Å². The van der Waals surface area contributed by atoms with E-state index in [1.807, 2.05) is 17.4 Å². The SMILES string of the molecule is Cc1sc(N2CCCCCC2)nc1-c1ccccc1Br. The third-order valence-electron chi connectivity index (χ3n) is 3.79. The standard InChI is InChI=1S/C16H19BrN2S/c1-12-15(13-8-4-5-9-14(13)17)18-16(20-12)19-10-6-2-3-7-11-19/h4-5,8-9H,2-3,6-7,10-11H2,1H3. The van der Waals surface area contributed by atoms with Gasteiger partial charge in [-0.25, -0.2) is 4.98 Å². The second kappa shape index (κ2) is 6.27. The van der Waals surface area contributed by atoms with Crippen LogP contribution in [-0.4, -0.2) is 18.1 Å². The molecule has 0 unspecified atom stereocenters. The number of rotatable bonds is 2. The lowest BCUT2D eigenvalue weighted by Crippen LogP contribution is -2.23. The molecule has 2 nitrogen and oxygen atoms in total. The number of hydrogen-bond donors (Lipinski definition) is 0. The van der Waals surface area contributed by atoms with Crippen molar-refractivity contribution in [3.05, 3.63) is 33.6 Å². The van der Waals surface area contributed by atoms with Gasteiger partial charge in [-0.15, -0.1) is 11.3 Å². The Labute approximate surface area is 133 Å². The van der Waals surface area contributed by atoms with E-state index in [1.165, 1.54) is 41.3 Å². The zero-order chi connectivity index (χ0) is 13.9. The Kier molecular flexibility index (Phi) is 4.41. The van der Waals surface area contributed by atoms with Gasteiger partial charge in [-0.2, -0.15) is 0 Å². The highest BCUT2D eigenvalue weighted by Gasteiger charge is 2.17. The Balaban J connectivity index is 1.93. The van der Waals surface area contributed by atoms with Gasteiger partial charge in [0.25, 0.3) is 0 Å². The fourth-order valence-corrected chi connectivity index (χ4v) is 4.13. The number of anilines is 1. The molecule has 0 radical (unpaired) electrons. The van der Waals surface area contributed by atoms with Crippen LogP contribution >= 0.6 is 27.3 Å². The first-order valence-electron chi connectivity index (χ1n) is 7.23. The van der Waals surface area contributed by atoms with E-state index < -0.39 is 0 Å². The summed E-state index contributed by atoms with van der Waals surface area (Å²) in [7, 11) is 0. The number of nitrogens with zero attached hydrogens (tertiary/aromatic N) is 2. The van der Waals surface area contributed by atoms with Gasteiger partial charge in [0.2, 0.25) is 0 Å². The minimum atomic E-state index is 1.12. The molecule has 0 bridgehead atoms. The van der Waals surface area contributed by atoms with Crippen LogP contribution in [0.15, 0.2) is 28.7 Å². The zero-order valence-electron chi connectivity index (χ0n) is 11.7. The lowest BCUT2D eigenvalue weighted by atomic mass is 10.1. The smallest absolute Gasteiger partial charge is 0.186 e. The summed E-state index contributed by atoms with van der Waals surface area (Å²) >= 11 is 5.46. The Morgan fingerprint density at radius 3 is 2.50 bits per heavy atom. The largest absolute Gasteiger partial charge is 0.348 e. The maximum Gasteiger partial charge on any atom is 0.186 e. The molecule has 0 aliphatic carbocycles. The molecular formula is C16H19BrN2S. The maximum atomic E-state index is 4.92. The van der Waals surface area contributed by atoms with Crippen molar-refractivity contribution in [2.45, 2.75) is 32.6 Å². The maximum absolute atomic E-state index is 4.92. The Morgan fingerprint density at radius 1 is 1.10 bits per heavy atom. The van der Waals surface area contributed by atoms with Crippen LogP contribution in [0, 0.1) is 6.92 Å². The van der Waals surface area contributed by atoms with Crippen molar-refractivity contribution in [2.24, 2.45) is 0 Å². The second-order valence-corrected chi connectivity index (χ2v) is 7.32. The van der Waals surface area contributed by atoms with Gasteiger partial charge in [-0.05, 0) is 25.8 Å². The molecule has 2 heterocycles. The first-order valence-corrected chi connectivity index (χ1v) is 8.84. The molecule has 1 aliphatic rings. The number of aromatic nitrogens is 1. The second-order valence-electron chi connectivity index (χ2n) is 5.28. The molecule has 4 heteroatoms. The zero-order valence-corrected chi connectivity index (χ0v) is 14.1. The van der Waals surface area contributed by atoms with Crippen LogP contribution in [0.4, 0.5) is 5.13 Å². The Hall–Kier alpha value is -0.870. The molecule has 3 rings (SSSR count). The van der Waals surface area contributed by atoms with Crippen LogP contribution < -0.4 is 4.90 Å². The summed E-state index contributed by atoms with van der Waals surface area (Å²) in [6, 6.07) is 8.34. The minimum Gasteiger partial charge on any atom is -0.348 e. The van der Waals surface area contributed by atoms with E-state index in [0.29, 0.717) is 0 Å². The van der Waals surface area contributed by atoms with Crippen LogP contribution in [0.5, 0.6) is 0 Å². The quantitative estimate of drug-likeness (QED) is 0.734. The predicted molar refractivity (Wildman–Crippen MR) is 90.7 cm³/mol. The van der Waals surface area contributed by atoms with Crippen molar-refractivity contribution in [1.29, 1.82) is 0 Å². The van der Waals surface area contributed by atoms with Crippen molar-refractivity contribution in [1.82, 2.24) is 4.98 Å². The lowest BCUT2D eigenvalue weighted by Gasteiger charge is -2.18. The first-order chi connectivity index (χ1) is 9.75. The third kappa shape index (κ3) is 2.91. The van der Waals surface area contributed by atoms with Crippen LogP contribution in [0.25, 0.3) is 11.3 Å². The molecule has 1 aromatic carbocycles. The number of benzene rings is 1. The predicted octanol–water partition coefficient (Wildman–Crippen LogP) is 5.26. The topological polar surface area (TPSA) is 16.1 Å². The fourth-order valence-electron chi connectivity index (χ4n) is 2.68. The highest BCUT2D eigenvalue weighted by Crippen LogP contribution is 2.36. The van der Waals surface area contributed by atoms with Gasteiger partial charge in [0.05, 0.1) is 5.69 Å². The number of hydrogen-bond acceptors (Lipinski definition) is 3. The van der Waals surface area contributed by atoms with Gasteiger partial charge in [0, 0.05) is 28.0 Å². The minimum absolute atomic E-state index is 1.12. The Morgan fingerprint density at radius 2 is 1.80 bits per heavy atom. The Bertz CT molecular complexity index is 586. The summed E-state index contributed by atoms with van der Waals surface area (Å²) in [6.07, 6.45) is 5.31. The van der Waals surface area contributed by atoms with E-state index in [-0.39, 0.29) is 0 Å². The molecule has 20 heavy (non-hydrogen) atoms. The monoisotopic (exact) mass is 350 g/mol. The highest BCUT2D eigenvalue weighted by atomic mass is 79.9. The molecule has 2 aromatic rings. The molecular weight excluding hydrogens is 332 g/mol. The van der Waals surface area contributed by atoms with Gasteiger partial charge in [-0.3, -0.25) is 0 Å². The number of aryl methyl sites for hydroxylation is 1. The van der Waals surface area contributed by atoms with E-state index in [4.69, 9.17) is 4.98 Å². The summed E-state index contributed by atoms with van der Waals surface area (Å²) in [6.45, 7) is 4.48. The summed E-state index contributed by atoms with van der Waals surface area (Å²) in [5.74, 6) is 0. The molecule has 1 aromatic heterocycles. The van der Waals surface area contributed by atoms with E-state index in [9.17, 15) is 0 Å². The van der Waals surface area contributed by atoms with Gasteiger partial charge in [-0.1, -0.05) is 47.0 Å². The molecule has 106 valence electrons. The van der Waals surface area contributed by atoms with Gasteiger partial charge < -0.3 is 4.90 Å². The average molecular weight is 351 g/mol. The van der Waals surface area contributed by atoms with Gasteiger partial charge >= 0.3 is 0 Å². The molecule has 0 amide bonds. The van der Waals surface area contributed by atoms with Crippen molar-refractivity contribution >= 4 is 32.4 Å². The summed E-state index contributed by atoms with van der Waals surface area (Å²) in [5, 5.41) is 1.19. The van der Waals surface area contributed by atoms with Crippen LogP contribution in [0.2, 0.25) is 0 Å². The molecule has 1 fully saturated rings. The van der Waals surface area contributed by atoms with Crippen molar-refractivity contribution in [2.75, 3.05) is 18.0 Å². The van der Waals surface area contributed by atoms with E-state index in [1.54, 1.807) is 0 Å². The number of halogens is 1. The van der Waals surface area contributed by atoms with E-state index in [0.717, 1.165) is 23.3 Å². The fraction of sp³-hybridized carbons (Fsp3) is 0.438. The third-order valence-corrected chi connectivity index (χ3v) is 5.51. The molecule has 0 saturated carbocycles. The van der Waals surface area contributed by atoms with Crippen molar-refractivity contribution in [3.8, 4) is 11.3 Å². The lowest BCUT2D eigenvalue weighted by molar-refractivity contribution is 0.726. The average Bonchev–Trinajstić information content (AvgIpc) is 2.67. The van der Waals surface area contributed by atoms with Crippen molar-refractivity contribution < 1.29 is 0 Å². The first kappa shape index (κ1) is 14.1. The van der Waals surface area contributed by atoms with Crippen LogP contribution in [0.1, 0.15) is 30.6 Å². The van der Waals surface area contributed by atoms with Crippen molar-refractivity contribution in [3.63, 3.8) is 0 Å². The summed E-state index contributed by atoms with van der Waals surface area (Å²) in [4.78, 5) is 8.69. The normalized spacial score (nSPS) is 16.2. The molecule has 1 saturated heterocycles. The van der Waals surface area contributed by atoms with Crippen LogP contribution in [-0.2, 0) is 0 Å². The molecule has 0 spiro atoms. The van der Waals surface area contributed by atoms with Crippen LogP contribution in [0.3, 0.4) is 0 Å². The number of thiazole rings is 1. The molecule has 1 aliphatic heterocycles. The molecule has 0 atom stereocenters.